The van der Waals surface area contributed by atoms with E-state index in [2.05, 4.69) is 57.8 Å². The molecule has 1 fully saturated rings. The maximum absolute atomic E-state index is 13.5. The van der Waals surface area contributed by atoms with Crippen LogP contribution < -0.4 is 21.3 Å². The first-order valence-electron chi connectivity index (χ1n) is 19.3. The monoisotopic (exact) mass is 809 g/mol. The molecule has 3 heterocycles. The number of aromatic amines is 2. The summed E-state index contributed by atoms with van der Waals surface area (Å²) in [5.41, 5.74) is 4.83. The molecule has 0 radical (unpaired) electrons. The van der Waals surface area contributed by atoms with Gasteiger partial charge in [-0.1, -0.05) is 63.8 Å². The summed E-state index contributed by atoms with van der Waals surface area (Å²) in [7, 11) is 3.73. The van der Waals surface area contributed by atoms with Crippen molar-refractivity contribution in [1.82, 2.24) is 46.1 Å². The molecule has 4 aromatic rings. The molecule has 0 unspecified atom stereocenters. The Labute approximate surface area is 342 Å². The zero-order valence-electron chi connectivity index (χ0n) is 34.2. The van der Waals surface area contributed by atoms with Crippen molar-refractivity contribution in [1.29, 1.82) is 0 Å². The summed E-state index contributed by atoms with van der Waals surface area (Å²) in [6.07, 6.45) is 2.91. The molecule has 1 saturated heterocycles. The summed E-state index contributed by atoms with van der Waals surface area (Å²) in [6.45, 7) is 7.87. The Balaban J connectivity index is 1.23. The van der Waals surface area contributed by atoms with E-state index in [0.717, 1.165) is 40.8 Å². The number of ether oxygens (including phenoxy) is 3. The third-order valence-corrected chi connectivity index (χ3v) is 9.87. The molecule has 0 saturated carbocycles. The van der Waals surface area contributed by atoms with Crippen molar-refractivity contribution in [3.05, 3.63) is 83.7 Å². The maximum Gasteiger partial charge on any atom is 0.407 e. The van der Waals surface area contributed by atoms with E-state index in [9.17, 15) is 24.0 Å². The van der Waals surface area contributed by atoms with Gasteiger partial charge in [0, 0.05) is 24.2 Å². The predicted molar refractivity (Wildman–Crippen MR) is 217 cm³/mol. The second kappa shape index (κ2) is 20.0. The van der Waals surface area contributed by atoms with E-state index in [1.807, 2.05) is 62.4 Å². The lowest BCUT2D eigenvalue weighted by molar-refractivity contribution is -0.135. The highest BCUT2D eigenvalue weighted by molar-refractivity contribution is 5.87. The van der Waals surface area contributed by atoms with Crippen molar-refractivity contribution in [2.45, 2.75) is 64.7 Å². The molecule has 0 spiro atoms. The van der Waals surface area contributed by atoms with Gasteiger partial charge in [-0.25, -0.2) is 24.4 Å². The first-order valence-corrected chi connectivity index (χ1v) is 19.3. The summed E-state index contributed by atoms with van der Waals surface area (Å²) in [4.78, 5) is 79.9. The van der Waals surface area contributed by atoms with Crippen molar-refractivity contribution in [3.63, 3.8) is 0 Å². The van der Waals surface area contributed by atoms with Crippen LogP contribution in [-0.4, -0.2) is 101 Å². The topological polar surface area (TPSA) is 222 Å². The summed E-state index contributed by atoms with van der Waals surface area (Å²) in [5, 5.41) is 10.6. The lowest BCUT2D eigenvalue weighted by atomic mass is 10.0. The van der Waals surface area contributed by atoms with Crippen LogP contribution in [-0.2, 0) is 23.8 Å². The lowest BCUT2D eigenvalue weighted by Crippen LogP contribution is -2.51. The molecule has 0 aliphatic carbocycles. The minimum absolute atomic E-state index is 0.0356. The molecule has 5 amide bonds. The van der Waals surface area contributed by atoms with Gasteiger partial charge in [0.2, 0.25) is 11.8 Å². The van der Waals surface area contributed by atoms with Gasteiger partial charge in [0.1, 0.15) is 29.8 Å². The number of alkyl carbamates (subject to hydrolysis) is 3. The van der Waals surface area contributed by atoms with Crippen LogP contribution in [0.1, 0.15) is 75.4 Å². The van der Waals surface area contributed by atoms with Crippen molar-refractivity contribution in [2.24, 2.45) is 11.8 Å². The third-order valence-electron chi connectivity index (χ3n) is 9.87. The Kier molecular flexibility index (Phi) is 14.7. The number of H-pyrrole nitrogens is 2. The largest absolute Gasteiger partial charge is 0.453 e. The van der Waals surface area contributed by atoms with Crippen molar-refractivity contribution < 1.29 is 38.2 Å². The molecule has 2 aromatic carbocycles. The van der Waals surface area contributed by atoms with Crippen LogP contribution in [0.4, 0.5) is 14.4 Å². The normalized spacial score (nSPS) is 15.0. The minimum Gasteiger partial charge on any atom is -0.453 e. The molecule has 59 heavy (non-hydrogen) atoms. The van der Waals surface area contributed by atoms with Gasteiger partial charge < -0.3 is 50.3 Å². The van der Waals surface area contributed by atoms with Crippen LogP contribution in [0.25, 0.3) is 22.5 Å². The second-order valence-electron chi connectivity index (χ2n) is 14.6. The number of likely N-dealkylation sites (tertiary alicyclic amines) is 1. The zero-order chi connectivity index (χ0) is 42.6. The highest BCUT2D eigenvalue weighted by Gasteiger charge is 2.37. The summed E-state index contributed by atoms with van der Waals surface area (Å²) < 4.78 is 14.1. The van der Waals surface area contributed by atoms with Crippen LogP contribution in [0.3, 0.4) is 0 Å². The van der Waals surface area contributed by atoms with E-state index >= 15 is 0 Å². The number of amides is 5. The SMILES string of the molecule is COC(=O)NC[C@H](NC(=O)[C@@H](NC(=O)OC)C(C)C)c1ncc(-c2ccc(C#Cc3ccc(-c4cnc([C@@H]5CCCN5C(=O)[C@@H](NC(=O)OC)C(C)C)[nH]4)cc3)cc2)[nH]1. The number of benzene rings is 2. The predicted octanol–water partition coefficient (Wildman–Crippen LogP) is 4.80. The van der Waals surface area contributed by atoms with E-state index in [1.54, 1.807) is 31.1 Å². The number of carbonyl (C=O) groups is 5. The van der Waals surface area contributed by atoms with Crippen LogP contribution in [0.2, 0.25) is 0 Å². The highest BCUT2D eigenvalue weighted by Crippen LogP contribution is 2.33. The van der Waals surface area contributed by atoms with Gasteiger partial charge in [0.05, 0.1) is 51.2 Å². The second-order valence-corrected chi connectivity index (χ2v) is 14.6. The Morgan fingerprint density at radius 1 is 0.729 bits per heavy atom. The molecular weight excluding hydrogens is 759 g/mol. The molecule has 6 N–H and O–H groups in total. The fourth-order valence-corrected chi connectivity index (χ4v) is 6.57. The van der Waals surface area contributed by atoms with Gasteiger partial charge in [-0.3, -0.25) is 9.59 Å². The average molecular weight is 810 g/mol. The Morgan fingerprint density at radius 2 is 1.25 bits per heavy atom. The van der Waals surface area contributed by atoms with E-state index in [-0.39, 0.29) is 30.3 Å². The zero-order valence-corrected chi connectivity index (χ0v) is 34.2. The number of hydrogen-bond donors (Lipinski definition) is 6. The Bertz CT molecular complexity index is 2150. The molecule has 2 aromatic heterocycles. The first-order chi connectivity index (χ1) is 28.3. The van der Waals surface area contributed by atoms with E-state index in [4.69, 9.17) is 9.47 Å². The van der Waals surface area contributed by atoms with E-state index in [1.165, 1.54) is 21.3 Å². The quantitative estimate of drug-likeness (QED) is 0.0800. The Hall–Kier alpha value is -6.83. The number of aromatic nitrogens is 4. The number of carbonyl (C=O) groups excluding carboxylic acids is 5. The molecule has 0 bridgehead atoms. The summed E-state index contributed by atoms with van der Waals surface area (Å²) in [5.74, 6) is 6.44. The molecule has 312 valence electrons. The average Bonchev–Trinajstić information content (AvgIpc) is 4.04. The first kappa shape index (κ1) is 43.3. The van der Waals surface area contributed by atoms with Gasteiger partial charge >= 0.3 is 18.3 Å². The number of nitrogens with one attached hydrogen (secondary N) is 6. The fraction of sp³-hybridized carbons (Fsp3) is 0.405. The van der Waals surface area contributed by atoms with Crippen LogP contribution >= 0.6 is 0 Å². The number of nitrogens with zero attached hydrogens (tertiary/aromatic N) is 3. The van der Waals surface area contributed by atoms with Crippen LogP contribution in [0, 0.1) is 23.7 Å². The van der Waals surface area contributed by atoms with Gasteiger partial charge in [-0.15, -0.1) is 0 Å². The lowest BCUT2D eigenvalue weighted by Gasteiger charge is -2.30. The molecule has 4 atom stereocenters. The maximum atomic E-state index is 13.5. The number of rotatable bonds is 13. The van der Waals surface area contributed by atoms with E-state index < -0.39 is 42.3 Å². The van der Waals surface area contributed by atoms with Gasteiger partial charge in [-0.05, 0) is 60.1 Å². The molecular formula is C42H51N9O8. The number of hydrogen-bond acceptors (Lipinski definition) is 10. The minimum atomic E-state index is -0.898. The van der Waals surface area contributed by atoms with Crippen LogP contribution in [0.5, 0.6) is 0 Å². The van der Waals surface area contributed by atoms with Gasteiger partial charge in [0.15, 0.2) is 0 Å². The van der Waals surface area contributed by atoms with Gasteiger partial charge in [-0.2, -0.15) is 0 Å². The van der Waals surface area contributed by atoms with Crippen molar-refractivity contribution in [3.8, 4) is 34.4 Å². The fourth-order valence-electron chi connectivity index (χ4n) is 6.57. The smallest absolute Gasteiger partial charge is 0.407 e. The van der Waals surface area contributed by atoms with Crippen molar-refractivity contribution in [2.75, 3.05) is 34.4 Å². The summed E-state index contributed by atoms with van der Waals surface area (Å²) in [6, 6.07) is 12.7. The number of imidazole rings is 2. The van der Waals surface area contributed by atoms with Crippen LogP contribution in [0.15, 0.2) is 60.9 Å². The summed E-state index contributed by atoms with van der Waals surface area (Å²) >= 11 is 0. The Morgan fingerprint density at radius 3 is 1.80 bits per heavy atom. The van der Waals surface area contributed by atoms with Crippen molar-refractivity contribution >= 4 is 30.1 Å². The molecule has 1 aliphatic heterocycles. The molecule has 17 nitrogen and oxygen atoms in total. The molecule has 5 rings (SSSR count). The molecule has 1 aliphatic rings. The highest BCUT2D eigenvalue weighted by atomic mass is 16.5. The van der Waals surface area contributed by atoms with E-state index in [0.29, 0.717) is 23.9 Å². The standard InChI is InChI=1S/C42H51N9O8/c1-24(2)34(49-41(55)58-6)38(52)48-32(23-45-40(54)57-5)36-43-21-30(46-36)28-16-12-26(13-17-28)10-11-27-14-18-29(19-15-27)31-22-44-37(47-31)33-9-8-20-51(33)39(53)35(25(3)4)50-42(56)59-7/h12-19,21-22,24-25,32-35H,8-9,20,23H2,1-7H3,(H,43,46)(H,44,47)(H,45,54)(H,48,52)(H,49,55)(H,50,56)/t32-,33-,34-,35-/m0/s1. The third kappa shape index (κ3) is 11.2. The molecule has 17 heteroatoms. The van der Waals surface area contributed by atoms with Gasteiger partial charge in [0.25, 0.3) is 0 Å². The number of methoxy groups -OCH3 is 3.